The average Bonchev–Trinajstić information content (AvgIpc) is 2.86. The lowest BCUT2D eigenvalue weighted by atomic mass is 9.91. The Balaban J connectivity index is 1.88. The molecule has 1 aliphatic rings. The fraction of sp³-hybridized carbons (Fsp3) is 0.368. The molecule has 2 aromatic rings. The molecule has 1 unspecified atom stereocenters. The summed E-state index contributed by atoms with van der Waals surface area (Å²) in [7, 11) is 0. The molecular weight excluding hydrogens is 468 g/mol. The zero-order valence-corrected chi connectivity index (χ0v) is 17.2. The van der Waals surface area contributed by atoms with Gasteiger partial charge in [-0.1, -0.05) is 65.5 Å². The number of rotatable bonds is 6. The highest BCUT2D eigenvalue weighted by atomic mass is 79.9. The highest BCUT2D eigenvalue weighted by Crippen LogP contribution is 2.51. The van der Waals surface area contributed by atoms with Crippen LogP contribution < -0.4 is 0 Å². The number of hydrogen-bond donors (Lipinski definition) is 0. The van der Waals surface area contributed by atoms with Crippen molar-refractivity contribution in [1.29, 1.82) is 0 Å². The van der Waals surface area contributed by atoms with Gasteiger partial charge >= 0.3 is 0 Å². The summed E-state index contributed by atoms with van der Waals surface area (Å²) < 4.78 is 2.38. The van der Waals surface area contributed by atoms with Gasteiger partial charge in [0.15, 0.2) is 0 Å². The summed E-state index contributed by atoms with van der Waals surface area (Å²) >= 11 is 11.0. The van der Waals surface area contributed by atoms with Crippen molar-refractivity contribution >= 4 is 47.8 Å². The van der Waals surface area contributed by atoms with Gasteiger partial charge in [-0.25, -0.2) is 0 Å². The zero-order valence-electron chi connectivity index (χ0n) is 12.4. The quantitative estimate of drug-likeness (QED) is 0.290. The fourth-order valence-electron chi connectivity index (χ4n) is 3.44. The van der Waals surface area contributed by atoms with Crippen molar-refractivity contribution in [2.45, 2.75) is 38.0 Å². The summed E-state index contributed by atoms with van der Waals surface area (Å²) in [4.78, 5) is 0. The first-order valence-electron chi connectivity index (χ1n) is 7.87. The Morgan fingerprint density at radius 3 is 2.41 bits per heavy atom. The van der Waals surface area contributed by atoms with E-state index < -0.39 is 0 Å². The molecule has 3 rings (SSSR count). The number of unbranched alkanes of at least 4 members (excludes halogenated alkanes) is 3. The molecule has 0 aliphatic heterocycles. The van der Waals surface area contributed by atoms with Crippen LogP contribution in [-0.2, 0) is 0 Å². The molecule has 0 fully saturated rings. The molecule has 0 heterocycles. The summed E-state index contributed by atoms with van der Waals surface area (Å²) in [6.45, 7) is 0. The second-order valence-corrected chi connectivity index (χ2v) is 8.29. The van der Waals surface area contributed by atoms with Gasteiger partial charge in [0.05, 0.1) is 0 Å². The van der Waals surface area contributed by atoms with Crippen molar-refractivity contribution in [3.63, 3.8) is 0 Å². The number of fused-ring (bicyclic) bond motifs is 3. The molecule has 0 nitrogen and oxygen atoms in total. The first-order chi connectivity index (χ1) is 10.7. The fourth-order valence-corrected chi connectivity index (χ4v) is 4.80. The molecule has 0 saturated carbocycles. The van der Waals surface area contributed by atoms with E-state index in [2.05, 4.69) is 84.2 Å². The van der Waals surface area contributed by atoms with Crippen LogP contribution in [0.5, 0.6) is 0 Å². The molecule has 2 aromatic carbocycles. The Hall–Kier alpha value is -0.120. The second-order valence-electron chi connectivity index (χ2n) is 5.85. The predicted molar refractivity (Wildman–Crippen MR) is 106 cm³/mol. The SMILES string of the molecule is BrCCCCCCC1c2ccccc2-c2ccc(Br)c(Br)c21. The Kier molecular flexibility index (Phi) is 5.80. The summed E-state index contributed by atoms with van der Waals surface area (Å²) in [5.74, 6) is 0.530. The average molecular weight is 487 g/mol. The summed E-state index contributed by atoms with van der Waals surface area (Å²) in [6.07, 6.45) is 6.47. The lowest BCUT2D eigenvalue weighted by molar-refractivity contribution is 0.603. The van der Waals surface area contributed by atoms with Gasteiger partial charge in [-0.2, -0.15) is 0 Å². The van der Waals surface area contributed by atoms with Gasteiger partial charge < -0.3 is 0 Å². The van der Waals surface area contributed by atoms with Crippen LogP contribution >= 0.6 is 47.8 Å². The zero-order chi connectivity index (χ0) is 15.5. The molecule has 116 valence electrons. The molecule has 22 heavy (non-hydrogen) atoms. The van der Waals surface area contributed by atoms with Crippen LogP contribution in [0.4, 0.5) is 0 Å². The van der Waals surface area contributed by atoms with E-state index in [-0.39, 0.29) is 0 Å². The number of hydrogen-bond acceptors (Lipinski definition) is 0. The van der Waals surface area contributed by atoms with E-state index in [1.165, 1.54) is 58.8 Å². The minimum atomic E-state index is 0.530. The first-order valence-corrected chi connectivity index (χ1v) is 10.6. The normalized spacial score (nSPS) is 15.7. The number of halogens is 3. The Labute approximate surface area is 158 Å². The lowest BCUT2D eigenvalue weighted by Gasteiger charge is -2.15. The highest BCUT2D eigenvalue weighted by Gasteiger charge is 2.30. The predicted octanol–water partition coefficient (Wildman–Crippen LogP) is 7.67. The van der Waals surface area contributed by atoms with E-state index in [1.54, 1.807) is 0 Å². The molecule has 1 aliphatic carbocycles. The van der Waals surface area contributed by atoms with Gasteiger partial charge in [0.1, 0.15) is 0 Å². The molecule has 0 spiro atoms. The highest BCUT2D eigenvalue weighted by molar-refractivity contribution is 9.13. The van der Waals surface area contributed by atoms with Crippen LogP contribution in [0.15, 0.2) is 45.3 Å². The minimum absolute atomic E-state index is 0.530. The monoisotopic (exact) mass is 484 g/mol. The second kappa shape index (κ2) is 7.63. The molecular formula is C19H19Br3. The summed E-state index contributed by atoms with van der Waals surface area (Å²) in [6, 6.07) is 13.3. The molecule has 0 aromatic heterocycles. The standard InChI is InChI=1S/C19H19Br3/c20-12-6-2-1-3-9-15-13-7-4-5-8-14(13)16-10-11-17(21)19(22)18(15)16/h4-5,7-8,10-11,15H,1-3,6,9,12H2. The van der Waals surface area contributed by atoms with E-state index in [9.17, 15) is 0 Å². The van der Waals surface area contributed by atoms with Crippen LogP contribution in [0.2, 0.25) is 0 Å². The Morgan fingerprint density at radius 1 is 0.818 bits per heavy atom. The van der Waals surface area contributed by atoms with Crippen molar-refractivity contribution in [1.82, 2.24) is 0 Å². The molecule has 3 heteroatoms. The van der Waals surface area contributed by atoms with Crippen LogP contribution in [-0.4, -0.2) is 5.33 Å². The van der Waals surface area contributed by atoms with Gasteiger partial charge in [-0.15, -0.1) is 0 Å². The van der Waals surface area contributed by atoms with Crippen LogP contribution in [0.1, 0.15) is 49.1 Å². The Bertz CT molecular complexity index is 664. The van der Waals surface area contributed by atoms with E-state index in [4.69, 9.17) is 0 Å². The minimum Gasteiger partial charge on any atom is -0.0928 e. The van der Waals surface area contributed by atoms with E-state index in [0.29, 0.717) is 5.92 Å². The Morgan fingerprint density at radius 2 is 1.59 bits per heavy atom. The largest absolute Gasteiger partial charge is 0.0928 e. The smallest absolute Gasteiger partial charge is 0.0361 e. The van der Waals surface area contributed by atoms with Gasteiger partial charge in [0.2, 0.25) is 0 Å². The maximum absolute atomic E-state index is 3.81. The van der Waals surface area contributed by atoms with Crippen molar-refractivity contribution < 1.29 is 0 Å². The third kappa shape index (κ3) is 3.22. The van der Waals surface area contributed by atoms with Gasteiger partial charge in [-0.05, 0) is 73.0 Å². The third-order valence-corrected chi connectivity index (χ3v) is 7.09. The lowest BCUT2D eigenvalue weighted by Crippen LogP contribution is -1.98. The molecule has 0 saturated heterocycles. The molecule has 0 radical (unpaired) electrons. The van der Waals surface area contributed by atoms with E-state index in [1.807, 2.05) is 0 Å². The summed E-state index contributed by atoms with van der Waals surface area (Å²) in [5, 5.41) is 1.13. The van der Waals surface area contributed by atoms with Gasteiger partial charge in [-0.3, -0.25) is 0 Å². The maximum atomic E-state index is 3.81. The van der Waals surface area contributed by atoms with Crippen molar-refractivity contribution in [3.05, 3.63) is 56.5 Å². The van der Waals surface area contributed by atoms with E-state index in [0.717, 1.165) is 9.80 Å². The molecule has 0 amide bonds. The van der Waals surface area contributed by atoms with Crippen LogP contribution in [0, 0.1) is 0 Å². The van der Waals surface area contributed by atoms with Gasteiger partial charge in [0, 0.05) is 20.2 Å². The molecule has 0 N–H and O–H groups in total. The molecule has 0 bridgehead atoms. The number of benzene rings is 2. The van der Waals surface area contributed by atoms with Crippen molar-refractivity contribution in [2.75, 3.05) is 5.33 Å². The number of alkyl halides is 1. The van der Waals surface area contributed by atoms with Crippen LogP contribution in [0.3, 0.4) is 0 Å². The van der Waals surface area contributed by atoms with Gasteiger partial charge in [0.25, 0.3) is 0 Å². The first kappa shape index (κ1) is 16.7. The maximum Gasteiger partial charge on any atom is 0.0361 e. The van der Waals surface area contributed by atoms with E-state index >= 15 is 0 Å². The topological polar surface area (TPSA) is 0 Å². The van der Waals surface area contributed by atoms with Crippen molar-refractivity contribution in [2.24, 2.45) is 0 Å². The molecule has 1 atom stereocenters. The van der Waals surface area contributed by atoms with Crippen molar-refractivity contribution in [3.8, 4) is 11.1 Å². The third-order valence-electron chi connectivity index (χ3n) is 4.48. The summed E-state index contributed by atoms with van der Waals surface area (Å²) in [5.41, 5.74) is 5.78. The van der Waals surface area contributed by atoms with Crippen LogP contribution in [0.25, 0.3) is 11.1 Å².